The second kappa shape index (κ2) is 4.98. The van der Waals surface area contributed by atoms with E-state index in [-0.39, 0.29) is 16.1 Å². The van der Waals surface area contributed by atoms with Crippen molar-refractivity contribution in [1.82, 2.24) is 9.55 Å². The fraction of sp³-hybridized carbons (Fsp3) is 0.357. The first kappa shape index (κ1) is 13.2. The van der Waals surface area contributed by atoms with Gasteiger partial charge in [0.05, 0.1) is 10.9 Å². The predicted molar refractivity (Wildman–Crippen MR) is 77.0 cm³/mol. The fourth-order valence-corrected chi connectivity index (χ4v) is 2.32. The van der Waals surface area contributed by atoms with Gasteiger partial charge in [-0.2, -0.15) is 0 Å². The first-order chi connectivity index (χ1) is 9.60. The van der Waals surface area contributed by atoms with E-state index in [9.17, 15) is 9.18 Å². The third kappa shape index (κ3) is 2.33. The number of nitrogens with zero attached hydrogens (tertiary/aromatic N) is 3. The number of aliphatic imine (C=N–C) groups is 1. The second-order valence-electron chi connectivity index (χ2n) is 4.97. The second-order valence-corrected chi connectivity index (χ2v) is 5.33. The molecule has 6 heteroatoms. The van der Waals surface area contributed by atoms with Crippen LogP contribution in [0.4, 0.5) is 4.39 Å². The van der Waals surface area contributed by atoms with Crippen LogP contribution in [0, 0.1) is 11.7 Å². The summed E-state index contributed by atoms with van der Waals surface area (Å²) in [5.41, 5.74) is 0.165. The van der Waals surface area contributed by atoms with Gasteiger partial charge in [0.1, 0.15) is 5.82 Å². The van der Waals surface area contributed by atoms with Crippen molar-refractivity contribution in [1.29, 1.82) is 0 Å². The topological polar surface area (TPSA) is 47.2 Å². The molecule has 0 N–H and O–H groups in total. The molecule has 1 aromatic carbocycles. The smallest absolute Gasteiger partial charge is 0.261 e. The molecule has 0 bridgehead atoms. The number of hydrogen-bond acceptors (Lipinski definition) is 3. The number of benzene rings is 1. The lowest BCUT2D eigenvalue weighted by Crippen LogP contribution is -2.27. The van der Waals surface area contributed by atoms with Crippen LogP contribution in [-0.2, 0) is 6.54 Å². The number of hydrogen-bond donors (Lipinski definition) is 0. The van der Waals surface area contributed by atoms with Gasteiger partial charge in [-0.25, -0.2) is 9.37 Å². The van der Waals surface area contributed by atoms with Gasteiger partial charge >= 0.3 is 0 Å². The normalized spacial score (nSPS) is 15.8. The number of rotatable bonds is 3. The molecule has 0 amide bonds. The van der Waals surface area contributed by atoms with Crippen molar-refractivity contribution < 1.29 is 4.39 Å². The number of halogens is 2. The molecule has 0 atom stereocenters. The summed E-state index contributed by atoms with van der Waals surface area (Å²) in [6, 6.07) is 3.98. The molecule has 1 fully saturated rings. The highest BCUT2D eigenvalue weighted by Crippen LogP contribution is 2.30. The highest BCUT2D eigenvalue weighted by atomic mass is 35.5. The van der Waals surface area contributed by atoms with Gasteiger partial charge in [-0.05, 0) is 37.0 Å². The molecule has 1 aliphatic carbocycles. The molecule has 20 heavy (non-hydrogen) atoms. The van der Waals surface area contributed by atoms with Gasteiger partial charge in [0.25, 0.3) is 5.56 Å². The van der Waals surface area contributed by atoms with E-state index in [1.807, 2.05) is 0 Å². The third-order valence-corrected chi connectivity index (χ3v) is 3.77. The Hall–Kier alpha value is -1.75. The zero-order valence-electron chi connectivity index (χ0n) is 10.9. The van der Waals surface area contributed by atoms with E-state index in [0.29, 0.717) is 23.8 Å². The van der Waals surface area contributed by atoms with Crippen molar-refractivity contribution in [2.45, 2.75) is 19.4 Å². The van der Waals surface area contributed by atoms with E-state index in [0.717, 1.165) is 12.8 Å². The summed E-state index contributed by atoms with van der Waals surface area (Å²) >= 11 is 6.06. The Morgan fingerprint density at radius 3 is 2.95 bits per heavy atom. The molecule has 0 aliphatic heterocycles. The standard InChI is InChI=1S/C14H13ClFN3O/c1-17-12(15)13-18-11-5-4-9(16)6-10(11)14(20)19(13)7-8-2-3-8/h4-6,8H,2-3,7H2,1H3/b17-12-. The molecule has 0 unspecified atom stereocenters. The minimum absolute atomic E-state index is 0.189. The average molecular weight is 294 g/mol. The van der Waals surface area contributed by atoms with E-state index >= 15 is 0 Å². The molecule has 0 spiro atoms. The molecule has 1 aromatic heterocycles. The maximum Gasteiger partial charge on any atom is 0.261 e. The summed E-state index contributed by atoms with van der Waals surface area (Å²) in [4.78, 5) is 20.8. The van der Waals surface area contributed by atoms with Crippen LogP contribution in [0.15, 0.2) is 28.0 Å². The Labute approximate surface area is 119 Å². The van der Waals surface area contributed by atoms with Gasteiger partial charge < -0.3 is 0 Å². The van der Waals surface area contributed by atoms with E-state index < -0.39 is 5.82 Å². The Kier molecular flexibility index (Phi) is 3.30. The number of fused-ring (bicyclic) bond motifs is 1. The average Bonchev–Trinajstić information content (AvgIpc) is 3.25. The lowest BCUT2D eigenvalue weighted by Gasteiger charge is -2.11. The third-order valence-electron chi connectivity index (χ3n) is 3.43. The summed E-state index contributed by atoms with van der Waals surface area (Å²) < 4.78 is 14.8. The summed E-state index contributed by atoms with van der Waals surface area (Å²) in [5, 5.41) is 0.462. The molecule has 3 rings (SSSR count). The zero-order chi connectivity index (χ0) is 14.3. The molecule has 1 saturated carbocycles. The van der Waals surface area contributed by atoms with Crippen LogP contribution in [-0.4, -0.2) is 21.8 Å². The minimum Gasteiger partial charge on any atom is -0.290 e. The SMILES string of the molecule is C/N=C(\Cl)c1nc2ccc(F)cc2c(=O)n1CC1CC1. The van der Waals surface area contributed by atoms with Gasteiger partial charge in [0.15, 0.2) is 11.0 Å². The molecule has 1 aliphatic rings. The van der Waals surface area contributed by atoms with Crippen LogP contribution in [0.2, 0.25) is 0 Å². The monoisotopic (exact) mass is 293 g/mol. The van der Waals surface area contributed by atoms with E-state index in [1.165, 1.54) is 22.8 Å². The van der Waals surface area contributed by atoms with Gasteiger partial charge in [-0.3, -0.25) is 14.4 Å². The van der Waals surface area contributed by atoms with E-state index in [1.54, 1.807) is 7.05 Å². The summed E-state index contributed by atoms with van der Waals surface area (Å²) in [7, 11) is 1.55. The minimum atomic E-state index is -0.447. The van der Waals surface area contributed by atoms with Crippen LogP contribution in [0.25, 0.3) is 10.9 Å². The Morgan fingerprint density at radius 1 is 1.55 bits per heavy atom. The molecule has 104 valence electrons. The van der Waals surface area contributed by atoms with Crippen molar-refractivity contribution >= 4 is 27.7 Å². The predicted octanol–water partition coefficient (Wildman–Crippen LogP) is 2.56. The maximum atomic E-state index is 13.3. The Balaban J connectivity index is 2.29. The zero-order valence-corrected chi connectivity index (χ0v) is 11.7. The van der Waals surface area contributed by atoms with Crippen LogP contribution in [0.3, 0.4) is 0 Å². The van der Waals surface area contributed by atoms with Crippen LogP contribution >= 0.6 is 11.6 Å². The molecule has 2 aromatic rings. The Morgan fingerprint density at radius 2 is 2.30 bits per heavy atom. The fourth-order valence-electron chi connectivity index (χ4n) is 2.18. The quantitative estimate of drug-likeness (QED) is 0.817. The molecular weight excluding hydrogens is 281 g/mol. The van der Waals surface area contributed by atoms with Crippen molar-refractivity contribution in [3.63, 3.8) is 0 Å². The van der Waals surface area contributed by atoms with Gasteiger partial charge in [0.2, 0.25) is 0 Å². The highest BCUT2D eigenvalue weighted by molar-refractivity contribution is 6.69. The van der Waals surface area contributed by atoms with Gasteiger partial charge in [-0.15, -0.1) is 0 Å². The molecule has 4 nitrogen and oxygen atoms in total. The highest BCUT2D eigenvalue weighted by Gasteiger charge is 2.25. The van der Waals surface area contributed by atoms with E-state index in [4.69, 9.17) is 11.6 Å². The van der Waals surface area contributed by atoms with Crippen LogP contribution in [0.5, 0.6) is 0 Å². The molecule has 0 radical (unpaired) electrons. The summed E-state index contributed by atoms with van der Waals surface area (Å²) in [6.07, 6.45) is 2.18. The van der Waals surface area contributed by atoms with E-state index in [2.05, 4.69) is 9.98 Å². The summed E-state index contributed by atoms with van der Waals surface area (Å²) in [6.45, 7) is 0.555. The van der Waals surface area contributed by atoms with Crippen molar-refractivity contribution in [3.8, 4) is 0 Å². The first-order valence-electron chi connectivity index (χ1n) is 6.43. The molecule has 0 saturated heterocycles. The van der Waals surface area contributed by atoms with Crippen molar-refractivity contribution in [2.75, 3.05) is 7.05 Å². The van der Waals surface area contributed by atoms with Gasteiger partial charge in [-0.1, -0.05) is 11.6 Å². The Bertz CT molecular complexity index is 765. The summed E-state index contributed by atoms with van der Waals surface area (Å²) in [5.74, 6) is 0.378. The lowest BCUT2D eigenvalue weighted by molar-refractivity contribution is 0.596. The number of aromatic nitrogens is 2. The largest absolute Gasteiger partial charge is 0.290 e. The maximum absolute atomic E-state index is 13.3. The van der Waals surface area contributed by atoms with Crippen molar-refractivity contribution in [2.24, 2.45) is 10.9 Å². The molecule has 1 heterocycles. The first-order valence-corrected chi connectivity index (χ1v) is 6.80. The van der Waals surface area contributed by atoms with Crippen LogP contribution in [0.1, 0.15) is 18.7 Å². The van der Waals surface area contributed by atoms with Gasteiger partial charge in [0, 0.05) is 13.6 Å². The molecular formula is C14H13ClFN3O. The lowest BCUT2D eigenvalue weighted by atomic mass is 10.2. The van der Waals surface area contributed by atoms with Crippen LogP contribution < -0.4 is 5.56 Å². The van der Waals surface area contributed by atoms with Crippen molar-refractivity contribution in [3.05, 3.63) is 40.2 Å².